The molecule has 0 spiro atoms. The number of halogens is 1. The molecule has 5 nitrogen and oxygen atoms in total. The maximum Gasteiger partial charge on any atom is 0.188 e. The van der Waals surface area contributed by atoms with E-state index in [2.05, 4.69) is 29.3 Å². The van der Waals surface area contributed by atoms with E-state index in [0.29, 0.717) is 12.5 Å². The van der Waals surface area contributed by atoms with Gasteiger partial charge in [0.25, 0.3) is 0 Å². The van der Waals surface area contributed by atoms with Gasteiger partial charge in [0.05, 0.1) is 5.69 Å². The van der Waals surface area contributed by atoms with Crippen LogP contribution in [-0.4, -0.2) is 24.2 Å². The molecule has 0 aromatic carbocycles. The third kappa shape index (κ3) is 8.58. The molecule has 0 amide bonds. The quantitative estimate of drug-likeness (QED) is 0.249. The molecule has 0 saturated heterocycles. The molecule has 1 aromatic heterocycles. The first-order valence-electron chi connectivity index (χ1n) is 8.52. The van der Waals surface area contributed by atoms with Gasteiger partial charge in [0, 0.05) is 24.6 Å². The Morgan fingerprint density at radius 2 is 1.87 bits per heavy atom. The summed E-state index contributed by atoms with van der Waals surface area (Å²) in [5.74, 6) is 1.67. The van der Waals surface area contributed by atoms with Crippen molar-refractivity contribution in [3.63, 3.8) is 0 Å². The van der Waals surface area contributed by atoms with Crippen LogP contribution in [0.1, 0.15) is 75.3 Å². The first-order valence-corrected chi connectivity index (χ1v) is 8.52. The third-order valence-electron chi connectivity index (χ3n) is 3.95. The molecule has 0 aliphatic carbocycles. The second kappa shape index (κ2) is 12.6. The van der Waals surface area contributed by atoms with E-state index in [9.17, 15) is 0 Å². The normalized spacial score (nSPS) is 12.8. The Kier molecular flexibility index (Phi) is 12.2. The Bertz CT molecular complexity index is 440. The molecular formula is C17H33IN4O. The minimum absolute atomic E-state index is 0. The lowest BCUT2D eigenvalue weighted by Gasteiger charge is -2.10. The summed E-state index contributed by atoms with van der Waals surface area (Å²) in [6, 6.07) is 0. The van der Waals surface area contributed by atoms with Crippen molar-refractivity contribution in [3.05, 3.63) is 17.0 Å². The van der Waals surface area contributed by atoms with E-state index in [-0.39, 0.29) is 29.9 Å². The van der Waals surface area contributed by atoms with Crippen LogP contribution in [0.4, 0.5) is 0 Å². The minimum Gasteiger partial charge on any atom is -0.370 e. The van der Waals surface area contributed by atoms with Crippen molar-refractivity contribution in [2.45, 2.75) is 72.1 Å². The molecule has 0 saturated carbocycles. The van der Waals surface area contributed by atoms with Crippen molar-refractivity contribution in [1.82, 2.24) is 10.5 Å². The van der Waals surface area contributed by atoms with Crippen LogP contribution in [0, 0.1) is 13.8 Å². The second-order valence-corrected chi connectivity index (χ2v) is 6.06. The lowest BCUT2D eigenvalue weighted by molar-refractivity contribution is 0.391. The predicted molar refractivity (Wildman–Crippen MR) is 108 cm³/mol. The summed E-state index contributed by atoms with van der Waals surface area (Å²) in [4.78, 5) is 4.42. The number of rotatable bonds is 10. The molecule has 1 atom stereocenters. The van der Waals surface area contributed by atoms with Crippen LogP contribution in [0.25, 0.3) is 0 Å². The van der Waals surface area contributed by atoms with Gasteiger partial charge in [-0.1, -0.05) is 51.1 Å². The molecule has 1 aromatic rings. The van der Waals surface area contributed by atoms with Crippen molar-refractivity contribution >= 4 is 29.9 Å². The molecule has 0 radical (unpaired) electrons. The van der Waals surface area contributed by atoms with Gasteiger partial charge in [0.1, 0.15) is 5.76 Å². The smallest absolute Gasteiger partial charge is 0.188 e. The molecule has 0 aliphatic heterocycles. The maximum atomic E-state index is 5.91. The summed E-state index contributed by atoms with van der Waals surface area (Å²) < 4.78 is 5.20. The Morgan fingerprint density at radius 3 is 2.48 bits per heavy atom. The van der Waals surface area contributed by atoms with E-state index < -0.39 is 0 Å². The Labute approximate surface area is 157 Å². The number of aryl methyl sites for hydroxylation is 2. The highest BCUT2D eigenvalue weighted by Gasteiger charge is 2.15. The van der Waals surface area contributed by atoms with Crippen LogP contribution in [0.15, 0.2) is 9.52 Å². The van der Waals surface area contributed by atoms with E-state index in [1.165, 1.54) is 32.1 Å². The van der Waals surface area contributed by atoms with Gasteiger partial charge in [-0.25, -0.2) is 0 Å². The Morgan fingerprint density at radius 1 is 1.22 bits per heavy atom. The van der Waals surface area contributed by atoms with E-state index in [1.54, 1.807) is 0 Å². The van der Waals surface area contributed by atoms with E-state index in [0.717, 1.165) is 30.0 Å². The summed E-state index contributed by atoms with van der Waals surface area (Å²) in [6.45, 7) is 9.82. The molecular weight excluding hydrogens is 403 g/mol. The van der Waals surface area contributed by atoms with Crippen molar-refractivity contribution in [2.75, 3.05) is 13.1 Å². The lowest BCUT2D eigenvalue weighted by atomic mass is 10.00. The fourth-order valence-electron chi connectivity index (χ4n) is 2.70. The van der Waals surface area contributed by atoms with Crippen LogP contribution >= 0.6 is 24.0 Å². The van der Waals surface area contributed by atoms with Crippen LogP contribution in [-0.2, 0) is 0 Å². The number of nitrogens with one attached hydrogen (secondary N) is 1. The first kappa shape index (κ1) is 22.2. The molecule has 3 N–H and O–H groups in total. The standard InChI is InChI=1S/C17H32N4O.HI/c1-5-6-7-8-9-10-11-19-17(18)20-12-13(2)16-14(3)21-22-15(16)4;/h13H,5-12H2,1-4H3,(H3,18,19,20);1H. The highest BCUT2D eigenvalue weighted by Crippen LogP contribution is 2.22. The van der Waals surface area contributed by atoms with Gasteiger partial charge in [0.2, 0.25) is 0 Å². The zero-order chi connectivity index (χ0) is 16.4. The van der Waals surface area contributed by atoms with Gasteiger partial charge in [-0.2, -0.15) is 0 Å². The van der Waals surface area contributed by atoms with Gasteiger partial charge in [0.15, 0.2) is 5.96 Å². The number of guanidine groups is 1. The van der Waals surface area contributed by atoms with E-state index >= 15 is 0 Å². The second-order valence-electron chi connectivity index (χ2n) is 6.06. The van der Waals surface area contributed by atoms with Gasteiger partial charge < -0.3 is 15.6 Å². The fraction of sp³-hybridized carbons (Fsp3) is 0.765. The van der Waals surface area contributed by atoms with Crippen molar-refractivity contribution < 1.29 is 4.52 Å². The number of nitrogens with two attached hydrogens (primary N) is 1. The molecule has 0 bridgehead atoms. The van der Waals surface area contributed by atoms with Gasteiger partial charge in [-0.05, 0) is 20.3 Å². The van der Waals surface area contributed by atoms with Crippen LogP contribution < -0.4 is 11.1 Å². The van der Waals surface area contributed by atoms with Crippen molar-refractivity contribution in [2.24, 2.45) is 10.7 Å². The van der Waals surface area contributed by atoms with Gasteiger partial charge in [-0.3, -0.25) is 4.99 Å². The maximum absolute atomic E-state index is 5.91. The molecule has 1 unspecified atom stereocenters. The zero-order valence-electron chi connectivity index (χ0n) is 15.0. The Hall–Kier alpha value is -0.790. The summed E-state index contributed by atoms with van der Waals surface area (Å²) in [6.07, 6.45) is 7.71. The molecule has 134 valence electrons. The van der Waals surface area contributed by atoms with E-state index in [4.69, 9.17) is 10.3 Å². The number of hydrogen-bond donors (Lipinski definition) is 2. The van der Waals surface area contributed by atoms with E-state index in [1.807, 2.05) is 13.8 Å². The van der Waals surface area contributed by atoms with Crippen molar-refractivity contribution in [3.8, 4) is 0 Å². The van der Waals surface area contributed by atoms with Crippen LogP contribution in [0.5, 0.6) is 0 Å². The average molecular weight is 436 g/mol. The van der Waals surface area contributed by atoms with Crippen molar-refractivity contribution in [1.29, 1.82) is 0 Å². The fourth-order valence-corrected chi connectivity index (χ4v) is 2.70. The number of nitrogens with zero attached hydrogens (tertiary/aromatic N) is 2. The summed E-state index contributed by atoms with van der Waals surface area (Å²) in [5.41, 5.74) is 8.00. The molecule has 0 aliphatic rings. The average Bonchev–Trinajstić information content (AvgIpc) is 2.83. The molecule has 0 fully saturated rings. The predicted octanol–water partition coefficient (Wildman–Crippen LogP) is 4.28. The number of unbranched alkanes of at least 4 members (excludes halogenated alkanes) is 5. The monoisotopic (exact) mass is 436 g/mol. The number of hydrogen-bond acceptors (Lipinski definition) is 3. The molecule has 1 heterocycles. The Balaban J connectivity index is 0.00000484. The van der Waals surface area contributed by atoms with Gasteiger partial charge in [-0.15, -0.1) is 24.0 Å². The van der Waals surface area contributed by atoms with Crippen LogP contribution in [0.2, 0.25) is 0 Å². The SMILES string of the molecule is CCCCCCCCNC(N)=NCC(C)c1c(C)noc1C.I. The zero-order valence-corrected chi connectivity index (χ0v) is 17.4. The third-order valence-corrected chi connectivity index (χ3v) is 3.95. The lowest BCUT2D eigenvalue weighted by Crippen LogP contribution is -2.32. The van der Waals surface area contributed by atoms with Gasteiger partial charge >= 0.3 is 0 Å². The summed E-state index contributed by atoms with van der Waals surface area (Å²) in [7, 11) is 0. The summed E-state index contributed by atoms with van der Waals surface area (Å²) >= 11 is 0. The highest BCUT2D eigenvalue weighted by atomic mass is 127. The highest BCUT2D eigenvalue weighted by molar-refractivity contribution is 14.0. The molecule has 23 heavy (non-hydrogen) atoms. The minimum atomic E-state index is 0. The molecule has 6 heteroatoms. The topological polar surface area (TPSA) is 76.4 Å². The van der Waals surface area contributed by atoms with Crippen LogP contribution in [0.3, 0.4) is 0 Å². The first-order chi connectivity index (χ1) is 10.6. The molecule has 1 rings (SSSR count). The largest absolute Gasteiger partial charge is 0.370 e. The summed E-state index contributed by atoms with van der Waals surface area (Å²) in [5, 5.41) is 7.18. The number of aliphatic imine (C=N–C) groups is 1. The number of aromatic nitrogens is 1.